The normalized spacial score (nSPS) is 44.3. The van der Waals surface area contributed by atoms with Crippen molar-refractivity contribution in [2.45, 2.75) is 98.7 Å². The molecule has 220 valence electrons. The molecule has 0 aromatic heterocycles. The third-order valence-corrected chi connectivity index (χ3v) is 12.7. The number of carbonyl (C=O) groups is 4. The van der Waals surface area contributed by atoms with Gasteiger partial charge in [0.1, 0.15) is 6.10 Å². The summed E-state index contributed by atoms with van der Waals surface area (Å²) < 4.78 is 11.6. The maximum absolute atomic E-state index is 13.5. The molecule has 0 saturated heterocycles. The number of aliphatic hydroxyl groups excluding tert-OH is 1. The number of aliphatic hydroxyl groups is 1. The van der Waals surface area contributed by atoms with Crippen molar-refractivity contribution in [1.29, 1.82) is 0 Å². The molecule has 1 N–H and O–H groups in total. The van der Waals surface area contributed by atoms with Crippen LogP contribution in [0.15, 0.2) is 24.3 Å². The van der Waals surface area contributed by atoms with Crippen LogP contribution in [-0.2, 0) is 28.7 Å². The van der Waals surface area contributed by atoms with Gasteiger partial charge in [0.2, 0.25) is 0 Å². The Labute approximate surface area is 238 Å². The quantitative estimate of drug-likeness (QED) is 0.332. The van der Waals surface area contributed by atoms with E-state index in [1.165, 1.54) is 13.8 Å². The third-order valence-electron chi connectivity index (χ3n) is 12.7. The van der Waals surface area contributed by atoms with Gasteiger partial charge >= 0.3 is 11.9 Å². The Morgan fingerprint density at radius 3 is 2.45 bits per heavy atom. The predicted octanol–water partition coefficient (Wildman–Crippen LogP) is 5.00. The van der Waals surface area contributed by atoms with E-state index in [4.69, 9.17) is 9.47 Å². The van der Waals surface area contributed by atoms with E-state index < -0.39 is 24.1 Å². The van der Waals surface area contributed by atoms with Gasteiger partial charge in [-0.05, 0) is 90.1 Å². The summed E-state index contributed by atoms with van der Waals surface area (Å²) in [7, 11) is 0. The molecule has 7 nitrogen and oxygen atoms in total. The summed E-state index contributed by atoms with van der Waals surface area (Å²) in [5.74, 6) is -0.803. The Morgan fingerprint density at radius 2 is 1.82 bits per heavy atom. The standard InChI is InChI=1S/C33H46O7/c1-18(16-34)19(2)29(38)26(39-21(4)35)14-24-27(40-22(5)36)15-31(7)28-9-8-23-20(3)25(37)10-11-32(23)17-33(28,32)13-12-30(24,31)6/h10-11,18,20,23-24,26-28,34H,2,8-9,12-17H2,1,3-7H3/t18-,20-,23-,24-,26+,27-,28-,30+,31-,32+,33-/m0/s1. The lowest BCUT2D eigenvalue weighted by molar-refractivity contribution is -0.159. The molecular weight excluding hydrogens is 508 g/mol. The van der Waals surface area contributed by atoms with Gasteiger partial charge in [0.05, 0.1) is 0 Å². The second-order valence-corrected chi connectivity index (χ2v) is 14.2. The molecular formula is C33H46O7. The molecule has 0 bridgehead atoms. The van der Waals surface area contributed by atoms with Crippen molar-refractivity contribution in [3.63, 3.8) is 0 Å². The summed E-state index contributed by atoms with van der Waals surface area (Å²) in [6.45, 7) is 14.9. The Balaban J connectivity index is 1.50. The van der Waals surface area contributed by atoms with Crippen LogP contribution in [0.2, 0.25) is 0 Å². The van der Waals surface area contributed by atoms with E-state index >= 15 is 0 Å². The zero-order valence-electron chi connectivity index (χ0n) is 25.0. The zero-order chi connectivity index (χ0) is 29.4. The molecule has 4 saturated carbocycles. The first-order valence-electron chi connectivity index (χ1n) is 15.1. The summed E-state index contributed by atoms with van der Waals surface area (Å²) in [4.78, 5) is 50.6. The second-order valence-electron chi connectivity index (χ2n) is 14.2. The van der Waals surface area contributed by atoms with Crippen molar-refractivity contribution >= 4 is 23.5 Å². The second kappa shape index (κ2) is 9.64. The van der Waals surface area contributed by atoms with Crippen molar-refractivity contribution in [2.75, 3.05) is 6.61 Å². The Kier molecular flexibility index (Phi) is 7.04. The van der Waals surface area contributed by atoms with Gasteiger partial charge in [0, 0.05) is 38.2 Å². The maximum Gasteiger partial charge on any atom is 0.303 e. The number of rotatable bonds is 8. The molecule has 4 fully saturated rings. The molecule has 5 aliphatic carbocycles. The predicted molar refractivity (Wildman–Crippen MR) is 149 cm³/mol. The van der Waals surface area contributed by atoms with Gasteiger partial charge in [-0.2, -0.15) is 0 Å². The molecule has 0 radical (unpaired) electrons. The largest absolute Gasteiger partial charge is 0.462 e. The molecule has 0 aliphatic heterocycles. The fourth-order valence-electron chi connectivity index (χ4n) is 10.4. The summed E-state index contributed by atoms with van der Waals surface area (Å²) in [6.07, 6.45) is 8.72. The van der Waals surface area contributed by atoms with Gasteiger partial charge in [0.25, 0.3) is 0 Å². The van der Waals surface area contributed by atoms with Crippen LogP contribution in [-0.4, -0.2) is 47.4 Å². The van der Waals surface area contributed by atoms with Crippen molar-refractivity contribution < 1.29 is 33.8 Å². The number of ketones is 2. The molecule has 11 atom stereocenters. The topological polar surface area (TPSA) is 107 Å². The van der Waals surface area contributed by atoms with E-state index in [9.17, 15) is 24.3 Å². The minimum atomic E-state index is -1.05. The van der Waals surface area contributed by atoms with Gasteiger partial charge in [-0.25, -0.2) is 0 Å². The lowest BCUT2D eigenvalue weighted by Crippen LogP contribution is -2.55. The monoisotopic (exact) mass is 554 g/mol. The number of hydrogen-bond acceptors (Lipinski definition) is 7. The van der Waals surface area contributed by atoms with Crippen LogP contribution in [0.1, 0.15) is 86.5 Å². The minimum absolute atomic E-state index is 0.0569. The highest BCUT2D eigenvalue weighted by Gasteiger charge is 2.81. The first-order valence-corrected chi connectivity index (χ1v) is 15.1. The van der Waals surface area contributed by atoms with Gasteiger partial charge in [0.15, 0.2) is 17.7 Å². The fraction of sp³-hybridized carbons (Fsp3) is 0.758. The fourth-order valence-corrected chi connectivity index (χ4v) is 10.4. The lowest BCUT2D eigenvalue weighted by atomic mass is 9.43. The molecule has 0 unspecified atom stereocenters. The van der Waals surface area contributed by atoms with Gasteiger partial charge < -0.3 is 14.6 Å². The molecule has 2 spiro atoms. The number of carbonyl (C=O) groups excluding carboxylic acids is 4. The molecule has 5 aliphatic rings. The van der Waals surface area contributed by atoms with Gasteiger partial charge in [-0.3, -0.25) is 19.2 Å². The van der Waals surface area contributed by atoms with Crippen LogP contribution in [0.3, 0.4) is 0 Å². The molecule has 5 rings (SSSR count). The lowest BCUT2D eigenvalue weighted by Gasteiger charge is -2.60. The summed E-state index contributed by atoms with van der Waals surface area (Å²) in [5, 5.41) is 9.62. The van der Waals surface area contributed by atoms with Crippen molar-refractivity contribution in [1.82, 2.24) is 0 Å². The molecule has 40 heavy (non-hydrogen) atoms. The molecule has 0 aromatic rings. The van der Waals surface area contributed by atoms with Crippen molar-refractivity contribution in [3.05, 3.63) is 24.3 Å². The van der Waals surface area contributed by atoms with Gasteiger partial charge in [-0.1, -0.05) is 40.3 Å². The molecule has 0 heterocycles. The Hall–Kier alpha value is -2.28. The summed E-state index contributed by atoms with van der Waals surface area (Å²) >= 11 is 0. The van der Waals surface area contributed by atoms with E-state index in [1.807, 2.05) is 6.08 Å². The van der Waals surface area contributed by atoms with Crippen LogP contribution in [0.25, 0.3) is 0 Å². The van der Waals surface area contributed by atoms with Gasteiger partial charge in [-0.15, -0.1) is 0 Å². The number of ether oxygens (including phenoxy) is 2. The Bertz CT molecular complexity index is 1170. The first kappa shape index (κ1) is 29.2. The summed E-state index contributed by atoms with van der Waals surface area (Å²) in [6, 6.07) is 0. The highest BCUT2D eigenvalue weighted by atomic mass is 16.6. The average molecular weight is 555 g/mol. The minimum Gasteiger partial charge on any atom is -0.462 e. The average Bonchev–Trinajstić information content (AvgIpc) is 3.51. The van der Waals surface area contributed by atoms with E-state index in [0.29, 0.717) is 18.3 Å². The Morgan fingerprint density at radius 1 is 1.12 bits per heavy atom. The number of allylic oxidation sites excluding steroid dienone is 2. The number of esters is 2. The number of Topliss-reactive ketones (excluding diaryl/α,β-unsaturated/α-hetero) is 1. The van der Waals surface area contributed by atoms with Crippen LogP contribution in [0.5, 0.6) is 0 Å². The van der Waals surface area contributed by atoms with E-state index in [-0.39, 0.29) is 69.6 Å². The SMILES string of the molecule is C=C(C(=O)[C@@H](C[C@H]1[C@@H](OC(C)=O)C[C@@]2(C)[C@@H]3CC[C@H]4[C@H](C)C(=O)C=C[C@@]45C[C@@]35CC[C@]12C)OC(C)=O)[C@@H](C)CO. The van der Waals surface area contributed by atoms with E-state index in [2.05, 4.69) is 33.4 Å². The van der Waals surface area contributed by atoms with E-state index in [0.717, 1.165) is 32.1 Å². The zero-order valence-corrected chi connectivity index (χ0v) is 25.0. The van der Waals surface area contributed by atoms with Crippen molar-refractivity contribution in [3.8, 4) is 0 Å². The van der Waals surface area contributed by atoms with Crippen LogP contribution in [0.4, 0.5) is 0 Å². The van der Waals surface area contributed by atoms with Crippen LogP contribution < -0.4 is 0 Å². The number of fused-ring (bicyclic) bond motifs is 2. The molecule has 0 aromatic carbocycles. The smallest absolute Gasteiger partial charge is 0.303 e. The number of hydrogen-bond donors (Lipinski definition) is 1. The van der Waals surface area contributed by atoms with Crippen LogP contribution in [0, 0.1) is 51.2 Å². The summed E-state index contributed by atoms with van der Waals surface area (Å²) in [5.41, 5.74) is 0.0695. The van der Waals surface area contributed by atoms with E-state index in [1.54, 1.807) is 6.92 Å². The highest BCUT2D eigenvalue weighted by molar-refractivity contribution is 5.99. The highest BCUT2D eigenvalue weighted by Crippen LogP contribution is 2.87. The maximum atomic E-state index is 13.5. The molecule has 0 amide bonds. The van der Waals surface area contributed by atoms with Crippen molar-refractivity contribution in [2.24, 2.45) is 51.2 Å². The third kappa shape index (κ3) is 3.93. The first-order chi connectivity index (χ1) is 18.7. The molecule has 7 heteroatoms. The van der Waals surface area contributed by atoms with Crippen LogP contribution >= 0.6 is 0 Å².